The van der Waals surface area contributed by atoms with Gasteiger partial charge in [-0.2, -0.15) is 0 Å². The molecular weight excluding hydrogens is 324 g/mol. The Hall–Kier alpha value is -2.70. The zero-order chi connectivity index (χ0) is 18.4. The van der Waals surface area contributed by atoms with Gasteiger partial charge in [-0.05, 0) is 31.0 Å². The maximum absolute atomic E-state index is 12.5. The van der Waals surface area contributed by atoms with Crippen molar-refractivity contribution < 1.29 is 23.8 Å². The second-order valence-electron chi connectivity index (χ2n) is 5.67. The topological polar surface area (TPSA) is 85.9 Å². The van der Waals surface area contributed by atoms with Crippen LogP contribution in [-0.2, 0) is 9.53 Å². The molecule has 0 radical (unpaired) electrons. The summed E-state index contributed by atoms with van der Waals surface area (Å²) >= 11 is 0. The van der Waals surface area contributed by atoms with E-state index in [9.17, 15) is 9.59 Å². The number of hydrogen-bond acceptors (Lipinski definition) is 5. The summed E-state index contributed by atoms with van der Waals surface area (Å²) in [5.74, 6) is 0.640. The highest BCUT2D eigenvalue weighted by atomic mass is 16.5. The predicted molar refractivity (Wildman–Crippen MR) is 92.5 cm³/mol. The molecule has 1 aromatic rings. The Morgan fingerprint density at radius 2 is 1.92 bits per heavy atom. The van der Waals surface area contributed by atoms with Gasteiger partial charge in [0.15, 0.2) is 11.5 Å². The lowest BCUT2D eigenvalue weighted by Gasteiger charge is -2.28. The van der Waals surface area contributed by atoms with Gasteiger partial charge in [-0.1, -0.05) is 19.4 Å². The summed E-state index contributed by atoms with van der Waals surface area (Å²) in [6.07, 6.45) is 1.72. The number of allylic oxidation sites excluding steroid dienone is 1. The minimum atomic E-state index is -0.623. The smallest absolute Gasteiger partial charge is 0.338 e. The van der Waals surface area contributed by atoms with Crippen LogP contribution in [0.25, 0.3) is 0 Å². The van der Waals surface area contributed by atoms with E-state index in [2.05, 4.69) is 10.6 Å². The van der Waals surface area contributed by atoms with E-state index < -0.39 is 12.0 Å². The number of urea groups is 1. The number of benzene rings is 1. The Balaban J connectivity index is 2.37. The van der Waals surface area contributed by atoms with Crippen LogP contribution < -0.4 is 20.1 Å². The molecule has 7 heteroatoms. The van der Waals surface area contributed by atoms with Gasteiger partial charge >= 0.3 is 12.0 Å². The lowest BCUT2D eigenvalue weighted by molar-refractivity contribution is -0.139. The largest absolute Gasteiger partial charge is 0.493 e. The normalized spacial score (nSPS) is 16.8. The van der Waals surface area contributed by atoms with Gasteiger partial charge in [0.05, 0.1) is 32.4 Å². The minimum absolute atomic E-state index is 0.346. The monoisotopic (exact) mass is 348 g/mol. The van der Waals surface area contributed by atoms with Gasteiger partial charge in [0, 0.05) is 5.70 Å². The first-order valence-electron chi connectivity index (χ1n) is 8.19. The Kier molecular flexibility index (Phi) is 6.27. The van der Waals surface area contributed by atoms with Crippen molar-refractivity contribution in [2.75, 3.05) is 20.8 Å². The molecule has 1 aromatic carbocycles. The quantitative estimate of drug-likeness (QED) is 0.584. The fraction of sp³-hybridized carbons (Fsp3) is 0.444. The van der Waals surface area contributed by atoms with Crippen LogP contribution in [0.4, 0.5) is 4.79 Å². The number of nitrogens with one attached hydrogen (secondary N) is 2. The van der Waals surface area contributed by atoms with E-state index in [4.69, 9.17) is 14.2 Å². The number of hydrogen-bond donors (Lipinski definition) is 2. The number of methoxy groups -OCH3 is 2. The molecule has 0 saturated heterocycles. The molecule has 0 aromatic heterocycles. The predicted octanol–water partition coefficient (Wildman–Crippen LogP) is 2.68. The molecular formula is C18H24N2O5. The zero-order valence-electron chi connectivity index (χ0n) is 15.0. The summed E-state index contributed by atoms with van der Waals surface area (Å²) in [7, 11) is 3.08. The third-order valence-electron chi connectivity index (χ3n) is 3.96. The molecule has 0 saturated carbocycles. The lowest BCUT2D eigenvalue weighted by Crippen LogP contribution is -2.45. The van der Waals surface area contributed by atoms with Crippen LogP contribution >= 0.6 is 0 Å². The summed E-state index contributed by atoms with van der Waals surface area (Å²) in [6, 6.07) is 4.26. The number of rotatable bonds is 7. The van der Waals surface area contributed by atoms with Gasteiger partial charge in [-0.3, -0.25) is 0 Å². The highest BCUT2D eigenvalue weighted by molar-refractivity contribution is 5.95. The molecule has 1 heterocycles. The van der Waals surface area contributed by atoms with Gasteiger partial charge in [0.1, 0.15) is 0 Å². The van der Waals surface area contributed by atoms with Gasteiger partial charge in [0.2, 0.25) is 0 Å². The number of carbonyl (C=O) groups is 2. The summed E-state index contributed by atoms with van der Waals surface area (Å²) in [5.41, 5.74) is 1.56. The van der Waals surface area contributed by atoms with Crippen molar-refractivity contribution in [1.29, 1.82) is 0 Å². The standard InChI is InChI=1S/C18H24N2O5/c1-5-6-9-25-17(21)15-11(2)19-18(22)20-16(15)12-7-8-13(23-3)14(10-12)24-4/h7-8,10,16H,5-6,9H2,1-4H3,(H2,19,20,22)/t16-/m1/s1. The number of esters is 1. The minimum Gasteiger partial charge on any atom is -0.493 e. The molecule has 0 bridgehead atoms. The molecule has 1 atom stereocenters. The van der Waals surface area contributed by atoms with Crippen LogP contribution in [0.1, 0.15) is 38.3 Å². The second kappa shape index (κ2) is 8.41. The highest BCUT2D eigenvalue weighted by Gasteiger charge is 2.32. The Bertz CT molecular complexity index is 684. The highest BCUT2D eigenvalue weighted by Crippen LogP contribution is 2.34. The number of unbranched alkanes of at least 4 members (excludes halogenated alkanes) is 1. The molecule has 0 aliphatic carbocycles. The molecule has 2 amide bonds. The first-order chi connectivity index (χ1) is 12.0. The van der Waals surface area contributed by atoms with Crippen LogP contribution in [0, 0.1) is 0 Å². The number of ether oxygens (including phenoxy) is 3. The SMILES string of the molecule is CCCCOC(=O)C1=C(C)NC(=O)N[C@@H]1c1ccc(OC)c(OC)c1. The molecule has 25 heavy (non-hydrogen) atoms. The van der Waals surface area contributed by atoms with E-state index in [0.29, 0.717) is 34.9 Å². The molecule has 0 spiro atoms. The van der Waals surface area contributed by atoms with Gasteiger partial charge in [-0.15, -0.1) is 0 Å². The third kappa shape index (κ3) is 4.23. The molecule has 136 valence electrons. The summed E-state index contributed by atoms with van der Waals surface area (Å²) < 4.78 is 15.9. The van der Waals surface area contributed by atoms with Crippen molar-refractivity contribution >= 4 is 12.0 Å². The van der Waals surface area contributed by atoms with Gasteiger partial charge in [0.25, 0.3) is 0 Å². The summed E-state index contributed by atoms with van der Waals surface area (Å²) in [5, 5.41) is 5.39. The van der Waals surface area contributed by atoms with E-state index >= 15 is 0 Å². The molecule has 0 unspecified atom stereocenters. The molecule has 2 N–H and O–H groups in total. The van der Waals surface area contributed by atoms with Crippen molar-refractivity contribution in [1.82, 2.24) is 10.6 Å². The van der Waals surface area contributed by atoms with Crippen LogP contribution in [-0.4, -0.2) is 32.8 Å². The fourth-order valence-electron chi connectivity index (χ4n) is 2.63. The van der Waals surface area contributed by atoms with Crippen molar-refractivity contribution in [3.8, 4) is 11.5 Å². The fourth-order valence-corrected chi connectivity index (χ4v) is 2.63. The molecule has 7 nitrogen and oxygen atoms in total. The molecule has 1 aliphatic heterocycles. The van der Waals surface area contributed by atoms with Crippen LogP contribution in [0.15, 0.2) is 29.5 Å². The van der Waals surface area contributed by atoms with Crippen molar-refractivity contribution in [2.24, 2.45) is 0 Å². The average molecular weight is 348 g/mol. The van der Waals surface area contributed by atoms with E-state index in [1.807, 2.05) is 6.92 Å². The van der Waals surface area contributed by atoms with Crippen molar-refractivity contribution in [3.63, 3.8) is 0 Å². The van der Waals surface area contributed by atoms with Crippen molar-refractivity contribution in [3.05, 3.63) is 35.0 Å². The molecule has 1 aliphatic rings. The summed E-state index contributed by atoms with van der Waals surface area (Å²) in [6.45, 7) is 4.05. The second-order valence-corrected chi connectivity index (χ2v) is 5.67. The molecule has 2 rings (SSSR count). The Labute approximate surface area is 147 Å². The van der Waals surface area contributed by atoms with Crippen LogP contribution in [0.3, 0.4) is 0 Å². The van der Waals surface area contributed by atoms with E-state index in [1.54, 1.807) is 32.2 Å². The van der Waals surface area contributed by atoms with E-state index in [0.717, 1.165) is 12.8 Å². The Morgan fingerprint density at radius 1 is 1.20 bits per heavy atom. The van der Waals surface area contributed by atoms with Crippen LogP contribution in [0.5, 0.6) is 11.5 Å². The maximum atomic E-state index is 12.5. The maximum Gasteiger partial charge on any atom is 0.338 e. The van der Waals surface area contributed by atoms with Crippen molar-refractivity contribution in [2.45, 2.75) is 32.7 Å². The zero-order valence-corrected chi connectivity index (χ0v) is 15.0. The van der Waals surface area contributed by atoms with Crippen LogP contribution in [0.2, 0.25) is 0 Å². The van der Waals surface area contributed by atoms with Gasteiger partial charge < -0.3 is 24.8 Å². The van der Waals surface area contributed by atoms with E-state index in [1.165, 1.54) is 7.11 Å². The average Bonchev–Trinajstić information content (AvgIpc) is 2.60. The third-order valence-corrected chi connectivity index (χ3v) is 3.96. The number of carbonyl (C=O) groups excluding carboxylic acids is 2. The molecule has 0 fully saturated rings. The lowest BCUT2D eigenvalue weighted by atomic mass is 9.95. The Morgan fingerprint density at radius 3 is 2.56 bits per heavy atom. The number of amides is 2. The van der Waals surface area contributed by atoms with Gasteiger partial charge in [-0.25, -0.2) is 9.59 Å². The first-order valence-corrected chi connectivity index (χ1v) is 8.19. The van der Waals surface area contributed by atoms with E-state index in [-0.39, 0.29) is 6.03 Å². The first kappa shape index (κ1) is 18.6. The summed E-state index contributed by atoms with van der Waals surface area (Å²) in [4.78, 5) is 24.4.